The average Bonchev–Trinajstić information content (AvgIpc) is 2.17. The van der Waals surface area contributed by atoms with Crippen molar-refractivity contribution in [1.82, 2.24) is 0 Å². The predicted octanol–water partition coefficient (Wildman–Crippen LogP) is 0.244. The third-order valence-electron chi connectivity index (χ3n) is 3.04. The maximum Gasteiger partial charge on any atom is 0.311 e. The molecule has 2 unspecified atom stereocenters. The molecule has 2 aliphatic heterocycles. The molecule has 3 aliphatic rings. The molecule has 1 aliphatic carbocycles. The Morgan fingerprint density at radius 3 is 2.40 bits per heavy atom. The molecule has 56 valence electrons. The predicted molar refractivity (Wildman–Crippen MR) is 34.9 cm³/mol. The summed E-state index contributed by atoms with van der Waals surface area (Å²) in [7, 11) is 0. The summed E-state index contributed by atoms with van der Waals surface area (Å²) < 4.78 is 4.98. The molecule has 0 radical (unpaired) electrons. The van der Waals surface area contributed by atoms with Gasteiger partial charge in [-0.3, -0.25) is 10.5 Å². The van der Waals surface area contributed by atoms with Crippen molar-refractivity contribution in [2.24, 2.45) is 17.1 Å². The fraction of sp³-hybridized carbons (Fsp3) is 0.857. The smallest absolute Gasteiger partial charge is 0.311 e. The van der Waals surface area contributed by atoms with Gasteiger partial charge in [-0.1, -0.05) is 13.8 Å². The summed E-state index contributed by atoms with van der Waals surface area (Å²) in [5.74, 6) is -0.0648. The summed E-state index contributed by atoms with van der Waals surface area (Å²) in [5.41, 5.74) is 4.99. The van der Waals surface area contributed by atoms with E-state index in [4.69, 9.17) is 10.5 Å². The van der Waals surface area contributed by atoms with Crippen LogP contribution in [0.15, 0.2) is 0 Å². The van der Waals surface area contributed by atoms with Crippen LogP contribution in [0.5, 0.6) is 0 Å². The van der Waals surface area contributed by atoms with Crippen molar-refractivity contribution in [2.75, 3.05) is 0 Å². The van der Waals surface area contributed by atoms with Gasteiger partial charge < -0.3 is 4.74 Å². The van der Waals surface area contributed by atoms with Crippen molar-refractivity contribution < 1.29 is 9.53 Å². The molecule has 0 amide bonds. The highest BCUT2D eigenvalue weighted by Gasteiger charge is 2.70. The molecule has 2 bridgehead atoms. The Bertz CT molecular complexity index is 209. The highest BCUT2D eigenvalue weighted by molar-refractivity contribution is 5.80. The average molecular weight is 141 g/mol. The molecule has 0 aromatic heterocycles. The Balaban J connectivity index is 2.40. The van der Waals surface area contributed by atoms with Crippen LogP contribution in [0.3, 0.4) is 0 Å². The molecule has 2 N–H and O–H groups in total. The lowest BCUT2D eigenvalue weighted by atomic mass is 9.59. The number of fused-ring (bicyclic) bond motifs is 1. The van der Waals surface area contributed by atoms with Crippen LogP contribution in [0.4, 0.5) is 0 Å². The van der Waals surface area contributed by atoms with Gasteiger partial charge in [-0.2, -0.15) is 0 Å². The van der Waals surface area contributed by atoms with Crippen LogP contribution >= 0.6 is 0 Å². The normalized spacial score (nSPS) is 48.3. The van der Waals surface area contributed by atoms with E-state index in [0.29, 0.717) is 6.42 Å². The van der Waals surface area contributed by atoms with Crippen LogP contribution in [0.25, 0.3) is 0 Å². The minimum Gasteiger partial charge on any atom is -0.443 e. The molecule has 3 fully saturated rings. The van der Waals surface area contributed by atoms with Crippen LogP contribution in [-0.4, -0.2) is 11.7 Å². The molecular weight excluding hydrogens is 130 g/mol. The van der Waals surface area contributed by atoms with Crippen LogP contribution in [0, 0.1) is 11.3 Å². The van der Waals surface area contributed by atoms with Gasteiger partial charge in [0.05, 0.1) is 5.92 Å². The van der Waals surface area contributed by atoms with E-state index in [-0.39, 0.29) is 17.3 Å². The number of nitrogens with two attached hydrogens (primary N) is 1. The highest BCUT2D eigenvalue weighted by atomic mass is 16.6. The summed E-state index contributed by atoms with van der Waals surface area (Å²) in [4.78, 5) is 10.9. The van der Waals surface area contributed by atoms with Crippen molar-refractivity contribution >= 4 is 5.97 Å². The fourth-order valence-electron chi connectivity index (χ4n) is 1.79. The van der Waals surface area contributed by atoms with Crippen LogP contribution in [-0.2, 0) is 9.53 Å². The number of esters is 1. The van der Waals surface area contributed by atoms with Crippen molar-refractivity contribution in [2.45, 2.75) is 26.0 Å². The number of carbonyl (C=O) groups is 1. The molecule has 2 atom stereocenters. The first-order valence-electron chi connectivity index (χ1n) is 3.49. The van der Waals surface area contributed by atoms with E-state index >= 15 is 0 Å². The van der Waals surface area contributed by atoms with Gasteiger partial charge in [-0.15, -0.1) is 0 Å². The Hall–Kier alpha value is -0.570. The fourth-order valence-corrected chi connectivity index (χ4v) is 1.79. The second-order valence-electron chi connectivity index (χ2n) is 3.79. The Kier molecular flexibility index (Phi) is 0.759. The summed E-state index contributed by atoms with van der Waals surface area (Å²) in [5, 5.41) is 0. The first-order chi connectivity index (χ1) is 4.47. The second-order valence-corrected chi connectivity index (χ2v) is 3.79. The van der Waals surface area contributed by atoms with Crippen molar-refractivity contribution in [1.29, 1.82) is 0 Å². The number of carbonyl (C=O) groups excluding carboxylic acids is 1. The van der Waals surface area contributed by atoms with Gasteiger partial charge in [0.15, 0.2) is 5.72 Å². The zero-order valence-electron chi connectivity index (χ0n) is 6.18. The quantitative estimate of drug-likeness (QED) is 0.492. The van der Waals surface area contributed by atoms with Gasteiger partial charge in [0.1, 0.15) is 0 Å². The third kappa shape index (κ3) is 0.380. The van der Waals surface area contributed by atoms with Crippen molar-refractivity contribution in [3.8, 4) is 0 Å². The summed E-state index contributed by atoms with van der Waals surface area (Å²) in [6.07, 6.45) is 0.707. The van der Waals surface area contributed by atoms with Gasteiger partial charge in [0.25, 0.3) is 0 Å². The molecule has 3 nitrogen and oxygen atoms in total. The van der Waals surface area contributed by atoms with E-state index in [0.717, 1.165) is 0 Å². The lowest BCUT2D eigenvalue weighted by Crippen LogP contribution is -2.61. The van der Waals surface area contributed by atoms with Crippen molar-refractivity contribution in [3.05, 3.63) is 0 Å². The molecule has 1 saturated carbocycles. The van der Waals surface area contributed by atoms with Crippen LogP contribution in [0.1, 0.15) is 20.3 Å². The standard InChI is InChI=1S/C7H11NO2/c1-6(2)4-3-7(6,8)10-5(4)9/h4H,3,8H2,1-2H3. The molecule has 2 heterocycles. The topological polar surface area (TPSA) is 52.3 Å². The van der Waals surface area contributed by atoms with Crippen molar-refractivity contribution in [3.63, 3.8) is 0 Å². The summed E-state index contributed by atoms with van der Waals surface area (Å²) in [6.45, 7) is 3.96. The molecule has 3 heteroatoms. The molecule has 2 saturated heterocycles. The lowest BCUT2D eigenvalue weighted by molar-refractivity contribution is -0.145. The van der Waals surface area contributed by atoms with Gasteiger partial charge in [0.2, 0.25) is 0 Å². The van der Waals surface area contributed by atoms with E-state index < -0.39 is 5.72 Å². The highest BCUT2D eigenvalue weighted by Crippen LogP contribution is 2.59. The van der Waals surface area contributed by atoms with Crippen LogP contribution in [0.2, 0.25) is 0 Å². The van der Waals surface area contributed by atoms with E-state index in [1.807, 2.05) is 13.8 Å². The number of hydrogen-bond donors (Lipinski definition) is 1. The summed E-state index contributed by atoms with van der Waals surface area (Å²) >= 11 is 0. The molecular formula is C7H11NO2. The zero-order valence-corrected chi connectivity index (χ0v) is 6.18. The number of rotatable bonds is 0. The Morgan fingerprint density at radius 1 is 1.70 bits per heavy atom. The largest absolute Gasteiger partial charge is 0.443 e. The lowest BCUT2D eigenvalue weighted by Gasteiger charge is -2.46. The number of ether oxygens (including phenoxy) is 1. The Labute approximate surface area is 59.5 Å². The first-order valence-corrected chi connectivity index (χ1v) is 3.49. The first kappa shape index (κ1) is 6.16. The maximum atomic E-state index is 10.9. The van der Waals surface area contributed by atoms with Crippen LogP contribution < -0.4 is 5.73 Å². The van der Waals surface area contributed by atoms with E-state index in [9.17, 15) is 4.79 Å². The maximum absolute atomic E-state index is 10.9. The monoisotopic (exact) mass is 141 g/mol. The van der Waals surface area contributed by atoms with Gasteiger partial charge in [-0.25, -0.2) is 0 Å². The van der Waals surface area contributed by atoms with Gasteiger partial charge >= 0.3 is 5.97 Å². The SMILES string of the molecule is CC1(C)C2CC1(N)OC2=O. The van der Waals surface area contributed by atoms with E-state index in [2.05, 4.69) is 0 Å². The molecule has 3 rings (SSSR count). The molecule has 0 spiro atoms. The third-order valence-corrected chi connectivity index (χ3v) is 3.04. The molecule has 0 aromatic rings. The molecule has 0 aromatic carbocycles. The number of hydrogen-bond acceptors (Lipinski definition) is 3. The summed E-state index contributed by atoms with van der Waals surface area (Å²) in [6, 6.07) is 0. The minimum absolute atomic E-state index is 0.0532. The van der Waals surface area contributed by atoms with E-state index in [1.165, 1.54) is 0 Å². The van der Waals surface area contributed by atoms with E-state index in [1.54, 1.807) is 0 Å². The van der Waals surface area contributed by atoms with Gasteiger partial charge in [-0.05, 0) is 0 Å². The Morgan fingerprint density at radius 2 is 2.30 bits per heavy atom. The molecule has 10 heavy (non-hydrogen) atoms. The van der Waals surface area contributed by atoms with Gasteiger partial charge in [0, 0.05) is 11.8 Å². The second kappa shape index (κ2) is 1.23. The minimum atomic E-state index is -0.644. The zero-order chi connectivity index (χ0) is 7.57.